The maximum Gasteiger partial charge on any atom is 0.488 e. The molecule has 4 aliphatic heterocycles. The van der Waals surface area contributed by atoms with E-state index < -0.39 is 35.1 Å². The van der Waals surface area contributed by atoms with Gasteiger partial charge in [0.1, 0.15) is 36.3 Å². The van der Waals surface area contributed by atoms with Gasteiger partial charge in [0, 0.05) is 142 Å². The van der Waals surface area contributed by atoms with Crippen LogP contribution in [0, 0.1) is 23.7 Å². The number of carbonyl (C=O) groups is 2. The van der Waals surface area contributed by atoms with Crippen LogP contribution in [-0.4, -0.2) is 143 Å². The molecule has 14 aromatic rings. The van der Waals surface area contributed by atoms with Crippen LogP contribution in [0.3, 0.4) is 0 Å². The Hall–Kier alpha value is -11.3. The number of halogens is 8. The molecule has 4 atom stereocenters. The molecule has 9 N–H and O–H groups in total. The lowest BCUT2D eigenvalue weighted by atomic mass is 9.81. The van der Waals surface area contributed by atoms with Crippen LogP contribution in [-0.2, 0) is 10.4 Å². The summed E-state index contributed by atoms with van der Waals surface area (Å²) in [5.74, 6) is 1.12. The van der Waals surface area contributed by atoms with Gasteiger partial charge < -0.3 is 60.5 Å². The van der Waals surface area contributed by atoms with Gasteiger partial charge in [-0.25, -0.2) is 29.2 Å². The Morgan fingerprint density at radius 1 is 0.484 bits per heavy atom. The fraction of sp³-hybridized carbons (Fsp3) is 0.174. The fourth-order valence-electron chi connectivity index (χ4n) is 14.0. The smallest absolute Gasteiger partial charge is 0.473 e. The maximum absolute atomic E-state index is 12.5. The van der Waals surface area contributed by atoms with Gasteiger partial charge in [-0.1, -0.05) is 161 Å². The van der Waals surface area contributed by atoms with Crippen molar-refractivity contribution >= 4 is 195 Å². The minimum absolute atomic E-state index is 0.00776. The molecule has 644 valence electrons. The molecule has 0 radical (unpaired) electrons. The van der Waals surface area contributed by atoms with Crippen molar-refractivity contribution in [1.82, 2.24) is 25.3 Å². The number of rotatable bonds is 15. The summed E-state index contributed by atoms with van der Waals surface area (Å²) in [6.07, 6.45) is 3.87. The largest absolute Gasteiger partial charge is 0.488 e. The summed E-state index contributed by atoms with van der Waals surface area (Å²) >= 11 is 33.9. The van der Waals surface area contributed by atoms with Crippen LogP contribution in [0.15, 0.2) is 268 Å². The molecule has 4 saturated heterocycles. The highest BCUT2D eigenvalue weighted by Crippen LogP contribution is 2.37. The second kappa shape index (κ2) is 44.7. The Bertz CT molecular complexity index is 6420. The summed E-state index contributed by atoms with van der Waals surface area (Å²) < 4.78 is 70.7. The standard InChI is InChI=1S/C26H22ClN3O2.C20H17BrClN3O2.C20H15BrClN3O.C13H13ClN2O.C7H3BrFN.C6H7BO2.H2O4S/c27-20-8-9-23-19(14-20)7-11-25(29-23)32-21-12-13-30(16-21)24-10-6-18(15-22(24)26(28)31)17-4-2-1-3-5-17;21-13-2-5-18(16(10-13)20(23)26)25-8-7-15(11-25)27-19-6-1-12-9-14(22)3-4-17(12)24-19;1-23-18-11-14(21)3-6-19(18)25-9-8-16(12-25)26-20-7-2-13-10-15(22)4-5-17(13)24-20;14-10-2-3-12-9(7-10)1-4-13(16-12)17-11-5-6-15-8-11;8-6-1-2-7(9)5(3-6)4-10;8-7(9)6-4-2-1-3-5-6;1-5(2,3)4/h1-11,14-15,21H,12-13,16H2,(H2,28,31);1-6,9-10,15H,7-8,11H2,(H2,23,26);2-7,10-11,16H,8-9,12H2;1-4,7,11,15H,5-6,8H2;1-3H;1-5,8-9H;(H2,1,2,3,4)/t21-;15-;16-;11-;;;/m1111.../s1. The van der Waals surface area contributed by atoms with Crippen molar-refractivity contribution in [2.75, 3.05) is 67.1 Å². The molecule has 0 aliphatic carbocycles. The highest BCUT2D eigenvalue weighted by atomic mass is 79.9. The molecular weight excluding hydrogens is 1910 g/mol. The van der Waals surface area contributed by atoms with E-state index in [1.165, 1.54) is 12.1 Å². The summed E-state index contributed by atoms with van der Waals surface area (Å²) in [4.78, 5) is 52.3. The lowest BCUT2D eigenvalue weighted by Gasteiger charge is -2.22. The lowest BCUT2D eigenvalue weighted by molar-refractivity contribution is 0.0992. The van der Waals surface area contributed by atoms with Gasteiger partial charge in [-0.3, -0.25) is 18.7 Å². The van der Waals surface area contributed by atoms with Gasteiger partial charge in [0.05, 0.1) is 65.0 Å². The molecule has 4 aromatic heterocycles. The van der Waals surface area contributed by atoms with E-state index in [0.29, 0.717) is 78.4 Å². The second-order valence-electron chi connectivity index (χ2n) is 28.8. The third-order valence-electron chi connectivity index (χ3n) is 19.9. The summed E-state index contributed by atoms with van der Waals surface area (Å²) in [7, 11) is -6.01. The number of carbonyl (C=O) groups excluding carboxylic acids is 2. The van der Waals surface area contributed by atoms with Crippen molar-refractivity contribution in [3.8, 4) is 40.7 Å². The van der Waals surface area contributed by atoms with Gasteiger partial charge >= 0.3 is 17.5 Å². The van der Waals surface area contributed by atoms with E-state index in [1.54, 1.807) is 42.5 Å². The number of amides is 2. The zero-order chi connectivity index (χ0) is 89.6. The second-order valence-corrected chi connectivity index (χ2v) is 34.2. The molecule has 126 heavy (non-hydrogen) atoms. The molecule has 0 unspecified atom stereocenters. The number of ether oxygens (including phenoxy) is 4. The first-order valence-corrected chi connectivity index (χ1v) is 44.4. The number of aromatic nitrogens is 4. The number of hydrogen-bond acceptors (Lipinski definition) is 19. The van der Waals surface area contributed by atoms with Gasteiger partial charge in [-0.05, 0) is 193 Å². The SMILES string of the molecule is Clc1ccc2nc(O[C@@H]3CCNC3)ccc2c1.N#Cc1cc(Br)ccc1F.NC(=O)c1cc(-c2ccccc2)ccc1N1CC[C@@H](Oc2ccc3cc(Cl)ccc3n2)C1.NC(=O)c1cc(Br)ccc1N1CC[C@@H](Oc2ccc3cc(Cl)ccc3n2)C1.O=S(=O)(O)O.OB(O)c1ccccc1.[C-]#[N+]c1cc(Br)ccc1N1CC[C@@H](Oc2ccc3cc(Cl)ccc3n2)C1. The molecule has 24 nitrogen and oxygen atoms in total. The van der Waals surface area contributed by atoms with Gasteiger partial charge in [-0.2, -0.15) is 13.7 Å². The van der Waals surface area contributed by atoms with Crippen molar-refractivity contribution in [3.63, 3.8) is 0 Å². The van der Waals surface area contributed by atoms with Gasteiger partial charge in [0.25, 0.3) is 11.8 Å². The van der Waals surface area contributed by atoms with Gasteiger partial charge in [0.2, 0.25) is 29.2 Å². The Labute approximate surface area is 771 Å². The molecule has 4 fully saturated rings. The molecule has 10 aromatic carbocycles. The number of anilines is 3. The van der Waals surface area contributed by atoms with E-state index in [9.17, 15) is 14.0 Å². The van der Waals surface area contributed by atoms with E-state index in [-0.39, 0.29) is 30.0 Å². The summed E-state index contributed by atoms with van der Waals surface area (Å²) in [6, 6.07) is 79.7. The third kappa shape index (κ3) is 27.4. The molecule has 4 aliphatic rings. The monoisotopic (exact) mass is 1980 g/mol. The Morgan fingerprint density at radius 3 is 1.24 bits per heavy atom. The van der Waals surface area contributed by atoms with Crippen LogP contribution in [0.5, 0.6) is 23.5 Å². The fourth-order valence-corrected chi connectivity index (χ4v) is 15.8. The number of nitriles is 1. The minimum Gasteiger partial charge on any atom is -0.473 e. The Kier molecular flexibility index (Phi) is 33.3. The molecule has 34 heteroatoms. The molecule has 0 spiro atoms. The average molecular weight is 1990 g/mol. The molecule has 2 amide bonds. The zero-order valence-electron chi connectivity index (χ0n) is 66.8. The van der Waals surface area contributed by atoms with E-state index in [0.717, 1.165) is 151 Å². The lowest BCUT2D eigenvalue weighted by Crippen LogP contribution is -2.29. The highest BCUT2D eigenvalue weighted by Gasteiger charge is 2.31. The van der Waals surface area contributed by atoms with Crippen LogP contribution in [0.25, 0.3) is 59.6 Å². The number of pyridine rings is 4. The summed E-state index contributed by atoms with van der Waals surface area (Å²) in [5, 5.41) is 35.5. The average Bonchev–Trinajstić information content (AvgIpc) is 1.52. The minimum atomic E-state index is -4.67. The number of nitrogens with two attached hydrogens (primary N) is 2. The van der Waals surface area contributed by atoms with Crippen LogP contribution >= 0.6 is 94.2 Å². The van der Waals surface area contributed by atoms with Gasteiger partial charge in [-0.15, -0.1) is 0 Å². The summed E-state index contributed by atoms with van der Waals surface area (Å²) in [6.45, 7) is 13.8. The van der Waals surface area contributed by atoms with Gasteiger partial charge in [0.15, 0.2) is 0 Å². The molecule has 0 bridgehead atoms. The molecule has 18 rings (SSSR count). The van der Waals surface area contributed by atoms with Crippen molar-refractivity contribution in [3.05, 3.63) is 322 Å². The van der Waals surface area contributed by atoms with E-state index in [2.05, 4.69) is 92.6 Å². The normalized spacial score (nSPS) is 15.5. The third-order valence-corrected chi connectivity index (χ3v) is 22.3. The van der Waals surface area contributed by atoms with Crippen LogP contribution in [0.2, 0.25) is 20.1 Å². The van der Waals surface area contributed by atoms with Crippen LogP contribution < -0.4 is 55.9 Å². The first-order valence-electron chi connectivity index (χ1n) is 39.1. The van der Waals surface area contributed by atoms with Crippen molar-refractivity contribution in [2.24, 2.45) is 11.5 Å². The van der Waals surface area contributed by atoms with E-state index in [4.69, 9.17) is 116 Å². The number of primary amides is 2. The van der Waals surface area contributed by atoms with Crippen molar-refractivity contribution < 1.29 is 60.5 Å². The first kappa shape index (κ1) is 93.9. The number of nitrogens with one attached hydrogen (secondary N) is 1. The predicted octanol–water partition coefficient (Wildman–Crippen LogP) is 19.4. The highest BCUT2D eigenvalue weighted by molar-refractivity contribution is 9.11. The molecular formula is C92H79BBr3Cl4FN12O12S. The molecule has 0 saturated carbocycles. The molecule has 8 heterocycles. The summed E-state index contributed by atoms with van der Waals surface area (Å²) in [5.41, 5.74) is 21.6. The predicted molar refractivity (Wildman–Crippen MR) is 505 cm³/mol. The first-order chi connectivity index (χ1) is 60.5. The maximum atomic E-state index is 12.5. The number of nitrogens with zero attached hydrogens (tertiary/aromatic N) is 9. The van der Waals surface area contributed by atoms with E-state index in [1.807, 2.05) is 206 Å². The van der Waals surface area contributed by atoms with Crippen molar-refractivity contribution in [1.29, 1.82) is 5.26 Å². The quantitative estimate of drug-likeness (QED) is 0.0285. The number of benzene rings is 10. The topological polar surface area (TPSA) is 340 Å². The number of fused-ring (bicyclic) bond motifs is 4. The Balaban J connectivity index is 0.000000142. The van der Waals surface area contributed by atoms with Crippen LogP contribution in [0.4, 0.5) is 27.1 Å². The Morgan fingerprint density at radius 2 is 0.857 bits per heavy atom. The van der Waals surface area contributed by atoms with E-state index >= 15 is 0 Å². The van der Waals surface area contributed by atoms with Crippen molar-refractivity contribution in [2.45, 2.75) is 50.1 Å². The zero-order valence-corrected chi connectivity index (χ0v) is 75.4. The van der Waals surface area contributed by atoms with Crippen LogP contribution in [0.1, 0.15) is 52.0 Å². The number of hydrogen-bond donors (Lipinski definition) is 7.